The molecule has 11 heteroatoms. The number of amides is 2. The monoisotopic (exact) mass is 530 g/mol. The van der Waals surface area contributed by atoms with Crippen LogP contribution in [-0.2, 0) is 21.2 Å². The molecule has 2 aromatic carbocycles. The van der Waals surface area contributed by atoms with Crippen LogP contribution in [0.15, 0.2) is 54.7 Å². The molecule has 0 unspecified atom stereocenters. The van der Waals surface area contributed by atoms with Crippen molar-refractivity contribution in [3.05, 3.63) is 93.5 Å². The molecule has 3 aromatic rings. The number of nitrogens with zero attached hydrogens (tertiary/aromatic N) is 2. The molecule has 4 rings (SSSR count). The van der Waals surface area contributed by atoms with Crippen LogP contribution in [0.1, 0.15) is 51.2 Å². The van der Waals surface area contributed by atoms with Crippen LogP contribution in [0.5, 0.6) is 0 Å². The van der Waals surface area contributed by atoms with Gasteiger partial charge in [-0.05, 0) is 72.9 Å². The number of benzene rings is 2. The van der Waals surface area contributed by atoms with Gasteiger partial charge in [0, 0.05) is 22.6 Å². The highest BCUT2D eigenvalue weighted by atomic mass is 35.5. The predicted molar refractivity (Wildman–Crippen MR) is 134 cm³/mol. The Hall–Kier alpha value is -3.50. The average molecular weight is 531 g/mol. The molecule has 188 valence electrons. The van der Waals surface area contributed by atoms with Gasteiger partial charge in [0.2, 0.25) is 15.9 Å². The summed E-state index contributed by atoms with van der Waals surface area (Å²) in [6, 6.07) is 10.1. The fourth-order valence-electron chi connectivity index (χ4n) is 4.65. The molecule has 0 saturated heterocycles. The molecular weight excluding hydrogens is 507 g/mol. The number of aryl methyl sites for hydroxylation is 1. The molecule has 1 aliphatic rings. The van der Waals surface area contributed by atoms with Gasteiger partial charge in [-0.3, -0.25) is 19.3 Å². The van der Waals surface area contributed by atoms with Gasteiger partial charge < -0.3 is 10.6 Å². The molecule has 2 atom stereocenters. The number of nitrogens with two attached hydrogens (primary N) is 1. The number of anilines is 1. The molecule has 0 aliphatic heterocycles. The Morgan fingerprint density at radius 2 is 1.97 bits per heavy atom. The largest absolute Gasteiger partial charge is 0.368 e. The number of halogens is 2. The fourth-order valence-corrected chi connectivity index (χ4v) is 5.41. The van der Waals surface area contributed by atoms with E-state index in [1.165, 1.54) is 23.1 Å². The maximum Gasteiger partial charge on any atom is 0.257 e. The number of rotatable bonds is 7. The Morgan fingerprint density at radius 3 is 2.64 bits per heavy atom. The summed E-state index contributed by atoms with van der Waals surface area (Å²) in [6.07, 6.45) is 3.21. The summed E-state index contributed by atoms with van der Waals surface area (Å²) in [4.78, 5) is 32.5. The summed E-state index contributed by atoms with van der Waals surface area (Å²) < 4.78 is 40.6. The minimum atomic E-state index is -3.60. The first-order valence-electron chi connectivity index (χ1n) is 11.1. The first-order valence-corrected chi connectivity index (χ1v) is 13.3. The Kier molecular flexibility index (Phi) is 7.01. The highest BCUT2D eigenvalue weighted by molar-refractivity contribution is 7.92. The normalized spacial score (nSPS) is 15.7. The van der Waals surface area contributed by atoms with Crippen LogP contribution in [0.3, 0.4) is 0 Å². The van der Waals surface area contributed by atoms with Gasteiger partial charge in [0.25, 0.3) is 5.91 Å². The number of carbonyl (C=O) groups excluding carboxylic acids is 2. The van der Waals surface area contributed by atoms with Crippen molar-refractivity contribution in [2.45, 2.75) is 31.8 Å². The smallest absolute Gasteiger partial charge is 0.257 e. The predicted octanol–water partition coefficient (Wildman–Crippen LogP) is 3.91. The second-order valence-electron chi connectivity index (χ2n) is 8.66. The van der Waals surface area contributed by atoms with Gasteiger partial charge in [-0.2, -0.15) is 0 Å². The third-order valence-corrected chi connectivity index (χ3v) is 6.91. The van der Waals surface area contributed by atoms with Crippen LogP contribution in [0, 0.1) is 12.7 Å². The lowest BCUT2D eigenvalue weighted by atomic mass is 9.97. The van der Waals surface area contributed by atoms with Gasteiger partial charge in [0.15, 0.2) is 0 Å². The van der Waals surface area contributed by atoms with Gasteiger partial charge in [-0.15, -0.1) is 0 Å². The maximum absolute atomic E-state index is 14.7. The highest BCUT2D eigenvalue weighted by Crippen LogP contribution is 2.43. The molecule has 0 spiro atoms. The number of nitrogens with one attached hydrogen (secondary N) is 1. The van der Waals surface area contributed by atoms with E-state index in [0.717, 1.165) is 6.26 Å². The zero-order valence-corrected chi connectivity index (χ0v) is 21.1. The fraction of sp³-hybridized carbons (Fsp3) is 0.240. The third kappa shape index (κ3) is 5.19. The minimum absolute atomic E-state index is 0.165. The number of sulfonamides is 1. The Bertz CT molecular complexity index is 1460. The quantitative estimate of drug-likeness (QED) is 0.479. The van der Waals surface area contributed by atoms with E-state index in [4.69, 9.17) is 17.3 Å². The van der Waals surface area contributed by atoms with Gasteiger partial charge in [0.1, 0.15) is 11.9 Å². The number of fused-ring (bicyclic) bond motifs is 1. The van der Waals surface area contributed by atoms with Gasteiger partial charge in [-0.25, -0.2) is 12.8 Å². The molecule has 0 saturated carbocycles. The highest BCUT2D eigenvalue weighted by Gasteiger charge is 2.41. The van der Waals surface area contributed by atoms with E-state index in [0.29, 0.717) is 35.2 Å². The lowest BCUT2D eigenvalue weighted by Crippen LogP contribution is -2.43. The van der Waals surface area contributed by atoms with Crippen molar-refractivity contribution in [1.82, 2.24) is 9.88 Å². The average Bonchev–Trinajstić information content (AvgIpc) is 3.19. The second kappa shape index (κ2) is 9.87. The number of hydrogen-bond donors (Lipinski definition) is 2. The zero-order valence-electron chi connectivity index (χ0n) is 19.5. The minimum Gasteiger partial charge on any atom is -0.368 e. The lowest BCUT2D eigenvalue weighted by molar-refractivity contribution is -0.123. The summed E-state index contributed by atoms with van der Waals surface area (Å²) in [5.41, 5.74) is 7.96. The van der Waals surface area contributed by atoms with E-state index >= 15 is 0 Å². The Labute approximate surface area is 213 Å². The van der Waals surface area contributed by atoms with Gasteiger partial charge in [0.05, 0.1) is 17.9 Å². The summed E-state index contributed by atoms with van der Waals surface area (Å²) in [6.45, 7) is 1.67. The molecule has 3 N–H and O–H groups in total. The number of carbonyl (C=O) groups is 2. The van der Waals surface area contributed by atoms with Crippen molar-refractivity contribution in [3.8, 4) is 0 Å². The molecule has 0 radical (unpaired) electrons. The summed E-state index contributed by atoms with van der Waals surface area (Å²) in [7, 11) is -3.60. The van der Waals surface area contributed by atoms with Crippen LogP contribution in [0.25, 0.3) is 0 Å². The van der Waals surface area contributed by atoms with E-state index in [1.807, 2.05) is 0 Å². The van der Waals surface area contributed by atoms with Crippen molar-refractivity contribution in [1.29, 1.82) is 0 Å². The van der Waals surface area contributed by atoms with Crippen LogP contribution < -0.4 is 10.5 Å². The SMILES string of the molecule is Cc1ncccc1C(=O)N([C@@H]1CCc2c(F)cc(Cl)cc21)[C@@H](C(N)=O)c1cccc(NS(C)(=O)=O)c1. The van der Waals surface area contributed by atoms with E-state index in [2.05, 4.69) is 9.71 Å². The van der Waals surface area contributed by atoms with Crippen molar-refractivity contribution in [2.24, 2.45) is 5.73 Å². The molecule has 36 heavy (non-hydrogen) atoms. The van der Waals surface area contributed by atoms with Crippen molar-refractivity contribution in [2.75, 3.05) is 11.0 Å². The summed E-state index contributed by atoms with van der Waals surface area (Å²) in [5.74, 6) is -1.85. The third-order valence-electron chi connectivity index (χ3n) is 6.08. The molecule has 2 amide bonds. The summed E-state index contributed by atoms with van der Waals surface area (Å²) in [5, 5.41) is 0.165. The molecule has 0 bridgehead atoms. The van der Waals surface area contributed by atoms with Crippen molar-refractivity contribution < 1.29 is 22.4 Å². The maximum atomic E-state index is 14.7. The Morgan fingerprint density at radius 1 is 1.22 bits per heavy atom. The first kappa shape index (κ1) is 25.6. The number of primary amides is 1. The molecule has 1 aliphatic carbocycles. The van der Waals surface area contributed by atoms with Crippen LogP contribution in [0.4, 0.5) is 10.1 Å². The molecular formula is C25H24ClFN4O4S. The number of hydrogen-bond acceptors (Lipinski definition) is 5. The van der Waals surface area contributed by atoms with Crippen LogP contribution >= 0.6 is 11.6 Å². The number of aromatic nitrogens is 1. The standard InChI is InChI=1S/C25H24ClFN4O4S/c1-14-18(7-4-10-29-14)25(33)31(22-9-8-19-20(22)12-16(26)13-21(19)27)23(24(28)32)15-5-3-6-17(11-15)30-36(2,34)35/h3-7,10-13,22-23,30H,8-9H2,1-2H3,(H2,28,32)/t22-,23-/m1/s1. The van der Waals surface area contributed by atoms with Gasteiger partial charge >= 0.3 is 0 Å². The topological polar surface area (TPSA) is 122 Å². The first-order chi connectivity index (χ1) is 17.0. The van der Waals surface area contributed by atoms with E-state index < -0.39 is 39.7 Å². The number of pyridine rings is 1. The van der Waals surface area contributed by atoms with E-state index in [-0.39, 0.29) is 16.3 Å². The van der Waals surface area contributed by atoms with E-state index in [9.17, 15) is 22.4 Å². The Balaban J connectivity index is 1.90. The van der Waals surface area contributed by atoms with Crippen molar-refractivity contribution >= 4 is 39.1 Å². The van der Waals surface area contributed by atoms with Gasteiger partial charge in [-0.1, -0.05) is 23.7 Å². The summed E-state index contributed by atoms with van der Waals surface area (Å²) >= 11 is 6.15. The van der Waals surface area contributed by atoms with E-state index in [1.54, 1.807) is 43.5 Å². The lowest BCUT2D eigenvalue weighted by Gasteiger charge is -2.36. The molecule has 1 heterocycles. The second-order valence-corrected chi connectivity index (χ2v) is 10.8. The van der Waals surface area contributed by atoms with Crippen LogP contribution in [-0.4, -0.2) is 36.4 Å². The molecule has 0 fully saturated rings. The van der Waals surface area contributed by atoms with Crippen LogP contribution in [0.2, 0.25) is 5.02 Å². The molecule has 1 aromatic heterocycles. The zero-order chi connectivity index (χ0) is 26.2. The molecule has 8 nitrogen and oxygen atoms in total. The van der Waals surface area contributed by atoms with Crippen molar-refractivity contribution in [3.63, 3.8) is 0 Å².